The van der Waals surface area contributed by atoms with Crippen LogP contribution in [0.5, 0.6) is 0 Å². The van der Waals surface area contributed by atoms with Gasteiger partial charge in [-0.2, -0.15) is 5.10 Å². The summed E-state index contributed by atoms with van der Waals surface area (Å²) in [4.78, 5) is 21.6. The van der Waals surface area contributed by atoms with Crippen molar-refractivity contribution in [1.29, 1.82) is 0 Å². The second-order valence-electron chi connectivity index (χ2n) is 4.84. The van der Waals surface area contributed by atoms with Crippen LogP contribution in [0.2, 0.25) is 5.15 Å². The predicted molar refractivity (Wildman–Crippen MR) is 86.0 cm³/mol. The molecule has 6 nitrogen and oxygen atoms in total. The minimum absolute atomic E-state index is 0.0385. The highest BCUT2D eigenvalue weighted by Gasteiger charge is 2.20. The molecule has 0 aliphatic carbocycles. The number of nitro groups is 1. The zero-order valence-corrected chi connectivity index (χ0v) is 12.8. The summed E-state index contributed by atoms with van der Waals surface area (Å²) < 4.78 is 15.1. The SMILES string of the molecule is O=Cc1c(-c2ccc([N+](=O)[O-])cc2)nn(-c2ccccc2F)c1Cl. The van der Waals surface area contributed by atoms with Crippen molar-refractivity contribution in [1.82, 2.24) is 9.78 Å². The zero-order chi connectivity index (χ0) is 17.3. The van der Waals surface area contributed by atoms with E-state index in [1.54, 1.807) is 6.07 Å². The Hall–Kier alpha value is -3.06. The van der Waals surface area contributed by atoms with Gasteiger partial charge in [0.2, 0.25) is 0 Å². The molecule has 1 heterocycles. The van der Waals surface area contributed by atoms with Crippen LogP contribution in [0.1, 0.15) is 10.4 Å². The van der Waals surface area contributed by atoms with Gasteiger partial charge in [-0.3, -0.25) is 14.9 Å². The summed E-state index contributed by atoms with van der Waals surface area (Å²) in [5, 5.41) is 14.9. The highest BCUT2D eigenvalue weighted by atomic mass is 35.5. The van der Waals surface area contributed by atoms with Gasteiger partial charge in [0.15, 0.2) is 6.29 Å². The van der Waals surface area contributed by atoms with Crippen molar-refractivity contribution in [2.75, 3.05) is 0 Å². The standard InChI is InChI=1S/C16H9ClFN3O3/c17-16-12(9-22)15(10-5-7-11(8-6-10)21(23)24)19-20(16)14-4-2-1-3-13(14)18/h1-9H. The number of carbonyl (C=O) groups is 1. The van der Waals surface area contributed by atoms with Crippen LogP contribution in [0.15, 0.2) is 48.5 Å². The van der Waals surface area contributed by atoms with Gasteiger partial charge in [-0.05, 0) is 24.3 Å². The van der Waals surface area contributed by atoms with Crippen LogP contribution in [-0.4, -0.2) is 21.0 Å². The Balaban J connectivity index is 2.16. The number of nitrogens with zero attached hydrogens (tertiary/aromatic N) is 3. The maximum atomic E-state index is 14.0. The van der Waals surface area contributed by atoms with Gasteiger partial charge in [0.05, 0.1) is 10.5 Å². The molecule has 0 unspecified atom stereocenters. The van der Waals surface area contributed by atoms with Crippen LogP contribution >= 0.6 is 11.6 Å². The molecule has 0 amide bonds. The first-order valence-corrected chi connectivity index (χ1v) is 7.14. The van der Waals surface area contributed by atoms with E-state index in [9.17, 15) is 19.3 Å². The Morgan fingerprint density at radius 1 is 1.17 bits per heavy atom. The highest BCUT2D eigenvalue weighted by molar-refractivity contribution is 6.32. The van der Waals surface area contributed by atoms with Crippen LogP contribution in [0, 0.1) is 15.9 Å². The van der Waals surface area contributed by atoms with E-state index in [0.717, 1.165) is 4.68 Å². The summed E-state index contributed by atoms with van der Waals surface area (Å²) in [6.45, 7) is 0. The fourth-order valence-electron chi connectivity index (χ4n) is 2.25. The minimum atomic E-state index is -0.547. The maximum Gasteiger partial charge on any atom is 0.269 e. The van der Waals surface area contributed by atoms with Gasteiger partial charge in [0.1, 0.15) is 22.4 Å². The second kappa shape index (κ2) is 6.21. The molecule has 3 aromatic rings. The van der Waals surface area contributed by atoms with Crippen LogP contribution in [0.25, 0.3) is 16.9 Å². The average molecular weight is 346 g/mol. The highest BCUT2D eigenvalue weighted by Crippen LogP contribution is 2.31. The Morgan fingerprint density at radius 2 is 1.83 bits per heavy atom. The molecule has 24 heavy (non-hydrogen) atoms. The van der Waals surface area contributed by atoms with E-state index < -0.39 is 10.7 Å². The number of non-ortho nitro benzene ring substituents is 1. The van der Waals surface area contributed by atoms with E-state index in [4.69, 9.17) is 11.6 Å². The Labute approximate surface area is 140 Å². The largest absolute Gasteiger partial charge is 0.298 e. The lowest BCUT2D eigenvalue weighted by atomic mass is 10.1. The van der Waals surface area contributed by atoms with Gasteiger partial charge in [-0.15, -0.1) is 0 Å². The molecular formula is C16H9ClFN3O3. The molecule has 3 rings (SSSR count). The van der Waals surface area contributed by atoms with Crippen molar-refractivity contribution in [3.8, 4) is 16.9 Å². The molecule has 2 aromatic carbocycles. The lowest BCUT2D eigenvalue weighted by Gasteiger charge is -2.03. The van der Waals surface area contributed by atoms with Gasteiger partial charge in [-0.1, -0.05) is 23.7 Å². The topological polar surface area (TPSA) is 78.0 Å². The monoisotopic (exact) mass is 345 g/mol. The number of carbonyl (C=O) groups excluding carboxylic acids is 1. The number of hydrogen-bond donors (Lipinski definition) is 0. The minimum Gasteiger partial charge on any atom is -0.298 e. The van der Waals surface area contributed by atoms with Crippen molar-refractivity contribution in [3.63, 3.8) is 0 Å². The molecule has 0 aliphatic heterocycles. The molecule has 0 saturated heterocycles. The molecule has 1 aromatic heterocycles. The van der Waals surface area contributed by atoms with Gasteiger partial charge in [-0.25, -0.2) is 9.07 Å². The van der Waals surface area contributed by atoms with Crippen LogP contribution in [0.4, 0.5) is 10.1 Å². The fourth-order valence-corrected chi connectivity index (χ4v) is 2.51. The zero-order valence-electron chi connectivity index (χ0n) is 12.0. The molecule has 0 bridgehead atoms. The summed E-state index contributed by atoms with van der Waals surface area (Å²) in [6.07, 6.45) is 0.517. The van der Waals surface area contributed by atoms with E-state index in [2.05, 4.69) is 5.10 Å². The normalized spacial score (nSPS) is 10.6. The molecule has 8 heteroatoms. The van der Waals surface area contributed by atoms with E-state index in [1.807, 2.05) is 0 Å². The van der Waals surface area contributed by atoms with Gasteiger partial charge < -0.3 is 0 Å². The third-order valence-corrected chi connectivity index (χ3v) is 3.78. The maximum absolute atomic E-state index is 14.0. The van der Waals surface area contributed by atoms with Crippen molar-refractivity contribution in [2.45, 2.75) is 0 Å². The average Bonchev–Trinajstić information content (AvgIpc) is 2.92. The summed E-state index contributed by atoms with van der Waals surface area (Å²) in [5.74, 6) is -0.547. The number of hydrogen-bond acceptors (Lipinski definition) is 4. The third kappa shape index (κ3) is 2.65. The molecule has 0 radical (unpaired) electrons. The number of benzene rings is 2. The third-order valence-electron chi connectivity index (χ3n) is 3.41. The molecule has 0 atom stereocenters. The summed E-state index contributed by atoms with van der Waals surface area (Å²) in [5.41, 5.74) is 0.756. The fraction of sp³-hybridized carbons (Fsp3) is 0. The molecule has 0 N–H and O–H groups in total. The first kappa shape index (κ1) is 15.8. The van der Waals surface area contributed by atoms with Gasteiger partial charge in [0, 0.05) is 17.7 Å². The van der Waals surface area contributed by atoms with Crippen LogP contribution < -0.4 is 0 Å². The van der Waals surface area contributed by atoms with Crippen molar-refractivity contribution >= 4 is 23.6 Å². The van der Waals surface area contributed by atoms with Gasteiger partial charge in [0.25, 0.3) is 5.69 Å². The Kier molecular flexibility index (Phi) is 4.09. The molecule has 0 saturated carbocycles. The first-order valence-electron chi connectivity index (χ1n) is 6.76. The number of rotatable bonds is 4. The second-order valence-corrected chi connectivity index (χ2v) is 5.20. The van der Waals surface area contributed by atoms with E-state index in [1.165, 1.54) is 42.5 Å². The molecule has 0 spiro atoms. The van der Waals surface area contributed by atoms with E-state index in [-0.39, 0.29) is 27.8 Å². The summed E-state index contributed by atoms with van der Waals surface area (Å²) in [7, 11) is 0. The molecule has 120 valence electrons. The number of para-hydroxylation sites is 1. The number of aromatic nitrogens is 2. The lowest BCUT2D eigenvalue weighted by molar-refractivity contribution is -0.384. The van der Waals surface area contributed by atoms with Crippen molar-refractivity contribution < 1.29 is 14.1 Å². The molecule has 0 fully saturated rings. The number of aldehydes is 1. The summed E-state index contributed by atoms with van der Waals surface area (Å²) >= 11 is 6.16. The number of halogens is 2. The quantitative estimate of drug-likeness (QED) is 0.406. The smallest absolute Gasteiger partial charge is 0.269 e. The lowest BCUT2D eigenvalue weighted by Crippen LogP contribution is -1.99. The van der Waals surface area contributed by atoms with Crippen molar-refractivity contribution in [3.05, 3.63) is 75.2 Å². The first-order chi connectivity index (χ1) is 11.5. The Morgan fingerprint density at radius 3 is 2.42 bits per heavy atom. The molecular weight excluding hydrogens is 337 g/mol. The number of nitro benzene ring substituents is 1. The molecule has 0 aliphatic rings. The predicted octanol–water partition coefficient (Wildman–Crippen LogP) is 4.05. The van der Waals surface area contributed by atoms with Crippen LogP contribution in [0.3, 0.4) is 0 Å². The Bertz CT molecular complexity index is 938. The van der Waals surface area contributed by atoms with E-state index in [0.29, 0.717) is 11.8 Å². The van der Waals surface area contributed by atoms with Crippen LogP contribution in [-0.2, 0) is 0 Å². The van der Waals surface area contributed by atoms with Gasteiger partial charge >= 0.3 is 0 Å². The summed E-state index contributed by atoms with van der Waals surface area (Å²) in [6, 6.07) is 11.4. The van der Waals surface area contributed by atoms with E-state index >= 15 is 0 Å². The van der Waals surface area contributed by atoms with Crippen molar-refractivity contribution in [2.24, 2.45) is 0 Å².